The Morgan fingerprint density at radius 2 is 1.60 bits per heavy atom. The van der Waals surface area contributed by atoms with Crippen LogP contribution in [0, 0.1) is 13.8 Å². The Bertz CT molecular complexity index is 310. The Labute approximate surface area is 95.5 Å². The summed E-state index contributed by atoms with van der Waals surface area (Å²) < 4.78 is 0. The van der Waals surface area contributed by atoms with Gasteiger partial charge in [-0.1, -0.05) is 62.4 Å². The molecule has 0 radical (unpaired) electrons. The number of hydrogen-bond donors (Lipinski definition) is 0. The lowest BCUT2D eigenvalue weighted by Crippen LogP contribution is -2.25. The zero-order valence-corrected chi connectivity index (χ0v) is 10.9. The summed E-state index contributed by atoms with van der Waals surface area (Å²) in [7, 11) is 2.39. The normalized spacial score (nSPS) is 14.9. The average Bonchev–Trinajstić information content (AvgIpc) is 2.16. The third-order valence-electron chi connectivity index (χ3n) is 3.50. The molecule has 0 N–H and O–H groups in total. The van der Waals surface area contributed by atoms with Crippen LogP contribution in [-0.2, 0) is 5.31 Å². The smallest absolute Gasteiger partial charge is 0.0654 e. The predicted molar refractivity (Wildman–Crippen MR) is 71.3 cm³/mol. The fraction of sp³-hybridized carbons (Fsp3) is 0.571. The molecular weight excluding hydrogens is 179 g/mol. The summed E-state index contributed by atoms with van der Waals surface area (Å²) >= 11 is 0. The summed E-state index contributed by atoms with van der Waals surface area (Å²) in [4.78, 5) is 0. The lowest BCUT2D eigenvalue weighted by Gasteiger charge is -2.29. The van der Waals surface area contributed by atoms with E-state index in [1.54, 1.807) is 0 Å². The first-order valence-corrected chi connectivity index (χ1v) is 6.10. The maximum atomic E-state index is 2.39. The van der Waals surface area contributed by atoms with Crippen molar-refractivity contribution in [2.75, 3.05) is 0 Å². The van der Waals surface area contributed by atoms with Crippen LogP contribution in [0.3, 0.4) is 0 Å². The summed E-state index contributed by atoms with van der Waals surface area (Å²) in [5.41, 5.74) is 4.30. The van der Waals surface area contributed by atoms with Crippen LogP contribution in [-0.4, -0.2) is 7.85 Å². The standard InChI is InChI=1S/C14H23B/c1-5-7-14(15,6-2)13-9-11(3)8-12(4)10-13/h8-10H,5-7,15H2,1-4H3. The minimum absolute atomic E-state index is 0.367. The first kappa shape index (κ1) is 12.4. The van der Waals surface area contributed by atoms with Gasteiger partial charge in [-0.3, -0.25) is 0 Å². The zero-order chi connectivity index (χ0) is 11.5. The van der Waals surface area contributed by atoms with Gasteiger partial charge in [0.05, 0.1) is 0 Å². The minimum atomic E-state index is 0.367. The summed E-state index contributed by atoms with van der Waals surface area (Å²) in [6, 6.07) is 6.96. The Morgan fingerprint density at radius 1 is 1.07 bits per heavy atom. The summed E-state index contributed by atoms with van der Waals surface area (Å²) in [6.07, 6.45) is 3.77. The van der Waals surface area contributed by atoms with Gasteiger partial charge in [-0.2, -0.15) is 0 Å². The van der Waals surface area contributed by atoms with Crippen LogP contribution in [0.2, 0.25) is 0 Å². The van der Waals surface area contributed by atoms with Crippen LogP contribution in [0.15, 0.2) is 18.2 Å². The molecule has 1 aromatic carbocycles. The maximum absolute atomic E-state index is 2.39. The van der Waals surface area contributed by atoms with Crippen molar-refractivity contribution < 1.29 is 0 Å². The zero-order valence-electron chi connectivity index (χ0n) is 10.9. The first-order chi connectivity index (χ1) is 7.01. The van der Waals surface area contributed by atoms with E-state index in [9.17, 15) is 0 Å². The van der Waals surface area contributed by atoms with Crippen molar-refractivity contribution in [2.24, 2.45) is 0 Å². The molecule has 0 fully saturated rings. The number of benzene rings is 1. The molecular formula is C14H23B. The van der Waals surface area contributed by atoms with Crippen LogP contribution in [0.4, 0.5) is 0 Å². The monoisotopic (exact) mass is 202 g/mol. The lowest BCUT2D eigenvalue weighted by atomic mass is 9.60. The highest BCUT2D eigenvalue weighted by molar-refractivity contribution is 6.15. The molecule has 15 heavy (non-hydrogen) atoms. The minimum Gasteiger partial charge on any atom is -0.0654 e. The van der Waals surface area contributed by atoms with E-state index in [4.69, 9.17) is 0 Å². The van der Waals surface area contributed by atoms with E-state index < -0.39 is 0 Å². The molecule has 1 heteroatoms. The van der Waals surface area contributed by atoms with E-state index in [-0.39, 0.29) is 0 Å². The fourth-order valence-corrected chi connectivity index (χ4v) is 2.40. The molecule has 0 heterocycles. The molecule has 82 valence electrons. The first-order valence-electron chi connectivity index (χ1n) is 6.10. The van der Waals surface area contributed by atoms with Crippen LogP contribution in [0.25, 0.3) is 0 Å². The molecule has 0 saturated heterocycles. The van der Waals surface area contributed by atoms with Gasteiger partial charge in [0.25, 0.3) is 0 Å². The predicted octanol–water partition coefficient (Wildman–Crippen LogP) is 3.34. The van der Waals surface area contributed by atoms with Crippen molar-refractivity contribution >= 4 is 7.85 Å². The molecule has 0 amide bonds. The van der Waals surface area contributed by atoms with Gasteiger partial charge in [0.1, 0.15) is 7.85 Å². The molecule has 0 spiro atoms. The van der Waals surface area contributed by atoms with E-state index in [0.717, 1.165) is 0 Å². The molecule has 1 atom stereocenters. The Kier molecular flexibility index (Phi) is 4.01. The highest BCUT2D eigenvalue weighted by atomic mass is 14.2. The third kappa shape index (κ3) is 2.87. The molecule has 0 aliphatic rings. The Morgan fingerprint density at radius 3 is 2.00 bits per heavy atom. The molecule has 0 aromatic heterocycles. The third-order valence-corrected chi connectivity index (χ3v) is 3.50. The van der Waals surface area contributed by atoms with Crippen molar-refractivity contribution in [3.05, 3.63) is 34.9 Å². The van der Waals surface area contributed by atoms with Gasteiger partial charge in [0.15, 0.2) is 0 Å². The highest BCUT2D eigenvalue weighted by Gasteiger charge is 2.23. The molecule has 1 unspecified atom stereocenters. The maximum Gasteiger partial charge on any atom is 0.115 e. The van der Waals surface area contributed by atoms with Gasteiger partial charge in [0.2, 0.25) is 0 Å². The summed E-state index contributed by atoms with van der Waals surface area (Å²) in [6.45, 7) is 8.96. The van der Waals surface area contributed by atoms with E-state index in [1.807, 2.05) is 0 Å². The molecule has 1 rings (SSSR count). The lowest BCUT2D eigenvalue weighted by molar-refractivity contribution is 0.527. The van der Waals surface area contributed by atoms with Crippen molar-refractivity contribution in [3.63, 3.8) is 0 Å². The second kappa shape index (κ2) is 4.87. The Balaban J connectivity index is 3.11. The summed E-state index contributed by atoms with van der Waals surface area (Å²) in [5, 5.41) is 0.367. The van der Waals surface area contributed by atoms with Crippen LogP contribution in [0.5, 0.6) is 0 Å². The van der Waals surface area contributed by atoms with Gasteiger partial charge < -0.3 is 0 Å². The quantitative estimate of drug-likeness (QED) is 0.657. The number of aryl methyl sites for hydroxylation is 2. The Hall–Kier alpha value is -0.715. The molecule has 0 saturated carbocycles. The van der Waals surface area contributed by atoms with E-state index >= 15 is 0 Å². The van der Waals surface area contributed by atoms with Gasteiger partial charge in [0, 0.05) is 0 Å². The van der Waals surface area contributed by atoms with Gasteiger partial charge >= 0.3 is 0 Å². The van der Waals surface area contributed by atoms with E-state index in [2.05, 4.69) is 53.7 Å². The fourth-order valence-electron chi connectivity index (χ4n) is 2.40. The topological polar surface area (TPSA) is 0 Å². The van der Waals surface area contributed by atoms with Crippen molar-refractivity contribution in [2.45, 2.75) is 52.3 Å². The van der Waals surface area contributed by atoms with Gasteiger partial charge in [-0.05, 0) is 24.7 Å². The van der Waals surface area contributed by atoms with E-state index in [1.165, 1.54) is 36.0 Å². The van der Waals surface area contributed by atoms with Crippen LogP contribution < -0.4 is 0 Å². The van der Waals surface area contributed by atoms with Gasteiger partial charge in [-0.25, -0.2) is 0 Å². The van der Waals surface area contributed by atoms with Gasteiger partial charge in [-0.15, -0.1) is 0 Å². The number of hydrogen-bond acceptors (Lipinski definition) is 0. The molecule has 0 aliphatic carbocycles. The summed E-state index contributed by atoms with van der Waals surface area (Å²) in [5.74, 6) is 0. The van der Waals surface area contributed by atoms with Crippen molar-refractivity contribution in [1.29, 1.82) is 0 Å². The second-order valence-electron chi connectivity index (χ2n) is 5.04. The van der Waals surface area contributed by atoms with Crippen LogP contribution in [0.1, 0.15) is 49.8 Å². The molecule has 1 aromatic rings. The largest absolute Gasteiger partial charge is 0.115 e. The highest BCUT2D eigenvalue weighted by Crippen LogP contribution is 2.30. The van der Waals surface area contributed by atoms with Crippen molar-refractivity contribution in [3.8, 4) is 0 Å². The van der Waals surface area contributed by atoms with E-state index in [0.29, 0.717) is 5.31 Å². The van der Waals surface area contributed by atoms with Crippen LogP contribution >= 0.6 is 0 Å². The number of rotatable bonds is 4. The second-order valence-corrected chi connectivity index (χ2v) is 5.04. The van der Waals surface area contributed by atoms with Crippen molar-refractivity contribution in [1.82, 2.24) is 0 Å². The molecule has 0 nitrogen and oxygen atoms in total. The SMILES string of the molecule is BC(CC)(CCC)c1cc(C)cc(C)c1. The molecule has 0 bridgehead atoms. The molecule has 0 aliphatic heterocycles. The average molecular weight is 202 g/mol.